The predicted molar refractivity (Wildman–Crippen MR) is 155 cm³/mol. The van der Waals surface area contributed by atoms with Gasteiger partial charge in [0.05, 0.1) is 40.1 Å². The third kappa shape index (κ3) is 4.63. The summed E-state index contributed by atoms with van der Waals surface area (Å²) >= 11 is 0. The first kappa shape index (κ1) is 25.7. The molecule has 0 bridgehead atoms. The molecule has 41 heavy (non-hydrogen) atoms. The van der Waals surface area contributed by atoms with Gasteiger partial charge in [0.2, 0.25) is 0 Å². The normalized spacial score (nSPS) is 11.8. The topological polar surface area (TPSA) is 112 Å². The van der Waals surface area contributed by atoms with E-state index in [4.69, 9.17) is 4.98 Å². The highest BCUT2D eigenvalue weighted by molar-refractivity contribution is 6.01. The monoisotopic (exact) mass is 542 g/mol. The van der Waals surface area contributed by atoms with Gasteiger partial charge >= 0.3 is 0 Å². The zero-order valence-electron chi connectivity index (χ0n) is 23.0. The molecular formula is C31H26N8O2. The lowest BCUT2D eigenvalue weighted by Gasteiger charge is -2.20. The highest BCUT2D eigenvalue weighted by atomic mass is 16.2. The van der Waals surface area contributed by atoms with Crippen molar-refractivity contribution >= 4 is 22.5 Å². The standard InChI is InChI=1S/C31H26N8O2/c1-19-15-16-32-29-26(20(2)36-39(19)29)30(40)34-21(3)28-35-25-12-8-9-23(14-13-22-17-33-37(4)18-22)27(25)31(41)38(28)24-10-6-5-7-11-24/h5-12,15-18,21H,1-4H3,(H,34,40). The van der Waals surface area contributed by atoms with Crippen LogP contribution in [0.4, 0.5) is 0 Å². The van der Waals surface area contributed by atoms with Gasteiger partial charge < -0.3 is 5.32 Å². The van der Waals surface area contributed by atoms with E-state index in [0.717, 1.165) is 11.3 Å². The third-order valence-electron chi connectivity index (χ3n) is 6.83. The number of carbonyl (C=O) groups excluding carboxylic acids is 1. The van der Waals surface area contributed by atoms with Crippen molar-refractivity contribution in [1.29, 1.82) is 0 Å². The number of hydrogen-bond donors (Lipinski definition) is 1. The number of nitrogens with one attached hydrogen (secondary N) is 1. The Morgan fingerprint density at radius 3 is 2.59 bits per heavy atom. The number of para-hydroxylation sites is 1. The Balaban J connectivity index is 1.47. The first-order valence-corrected chi connectivity index (χ1v) is 13.1. The molecule has 6 aromatic rings. The quantitative estimate of drug-likeness (QED) is 0.340. The zero-order valence-corrected chi connectivity index (χ0v) is 23.0. The van der Waals surface area contributed by atoms with Crippen molar-refractivity contribution in [3.63, 3.8) is 0 Å². The summed E-state index contributed by atoms with van der Waals surface area (Å²) in [7, 11) is 1.82. The number of aromatic nitrogens is 7. The van der Waals surface area contributed by atoms with Gasteiger partial charge in [-0.2, -0.15) is 10.2 Å². The van der Waals surface area contributed by atoms with E-state index in [1.807, 2.05) is 62.6 Å². The Labute approximate surface area is 235 Å². The van der Waals surface area contributed by atoms with Gasteiger partial charge in [-0.05, 0) is 51.1 Å². The predicted octanol–water partition coefficient (Wildman–Crippen LogP) is 3.67. The Bertz CT molecular complexity index is 2080. The van der Waals surface area contributed by atoms with Crippen LogP contribution in [-0.2, 0) is 7.05 Å². The lowest BCUT2D eigenvalue weighted by atomic mass is 10.1. The van der Waals surface area contributed by atoms with Crippen molar-refractivity contribution in [3.05, 3.63) is 117 Å². The van der Waals surface area contributed by atoms with Crippen LogP contribution in [0.2, 0.25) is 0 Å². The number of amides is 1. The van der Waals surface area contributed by atoms with Gasteiger partial charge in [0.25, 0.3) is 11.5 Å². The average molecular weight is 543 g/mol. The van der Waals surface area contributed by atoms with E-state index in [2.05, 4.69) is 32.3 Å². The number of fused-ring (bicyclic) bond motifs is 2. The molecule has 0 fully saturated rings. The van der Waals surface area contributed by atoms with E-state index in [1.54, 1.807) is 47.6 Å². The lowest BCUT2D eigenvalue weighted by molar-refractivity contribution is 0.0938. The Hall–Kier alpha value is -5.56. The van der Waals surface area contributed by atoms with E-state index in [0.29, 0.717) is 44.9 Å². The summed E-state index contributed by atoms with van der Waals surface area (Å²) in [6, 6.07) is 15.8. The van der Waals surface area contributed by atoms with E-state index >= 15 is 0 Å². The average Bonchev–Trinajstić information content (AvgIpc) is 3.54. The Kier molecular flexibility index (Phi) is 6.40. The molecule has 2 aromatic carbocycles. The summed E-state index contributed by atoms with van der Waals surface area (Å²) in [5.74, 6) is 6.24. The number of carbonyl (C=O) groups is 1. The minimum atomic E-state index is -0.635. The van der Waals surface area contributed by atoms with Crippen molar-refractivity contribution in [2.75, 3.05) is 0 Å². The smallest absolute Gasteiger partial charge is 0.267 e. The SMILES string of the molecule is Cc1nn2c(C)ccnc2c1C(=O)NC(C)c1nc2cccc(C#Cc3cnn(C)c3)c2c(=O)n1-c1ccccc1. The van der Waals surface area contributed by atoms with E-state index < -0.39 is 6.04 Å². The van der Waals surface area contributed by atoms with E-state index in [1.165, 1.54) is 4.57 Å². The summed E-state index contributed by atoms with van der Waals surface area (Å²) in [4.78, 5) is 37.0. The number of rotatable bonds is 4. The Morgan fingerprint density at radius 2 is 1.83 bits per heavy atom. The summed E-state index contributed by atoms with van der Waals surface area (Å²) in [5.41, 5.74) is 4.39. The van der Waals surface area contributed by atoms with Gasteiger partial charge in [-0.1, -0.05) is 36.1 Å². The van der Waals surface area contributed by atoms with E-state index in [-0.39, 0.29) is 11.5 Å². The first-order chi connectivity index (χ1) is 19.8. The molecule has 0 radical (unpaired) electrons. The molecule has 4 heterocycles. The molecule has 1 atom stereocenters. The maximum atomic E-state index is 14.2. The highest BCUT2D eigenvalue weighted by Crippen LogP contribution is 2.22. The molecule has 0 saturated carbocycles. The summed E-state index contributed by atoms with van der Waals surface area (Å²) < 4.78 is 4.86. The largest absolute Gasteiger partial charge is 0.342 e. The third-order valence-corrected chi connectivity index (χ3v) is 6.83. The highest BCUT2D eigenvalue weighted by Gasteiger charge is 2.24. The second-order valence-electron chi connectivity index (χ2n) is 9.78. The minimum absolute atomic E-state index is 0.280. The molecule has 4 aromatic heterocycles. The molecule has 0 aliphatic carbocycles. The van der Waals surface area contributed by atoms with Gasteiger partial charge in [-0.25, -0.2) is 14.5 Å². The van der Waals surface area contributed by atoms with Crippen LogP contribution in [0.15, 0.2) is 78.0 Å². The maximum Gasteiger partial charge on any atom is 0.267 e. The minimum Gasteiger partial charge on any atom is -0.342 e. The molecule has 10 heteroatoms. The molecule has 0 saturated heterocycles. The van der Waals surface area contributed by atoms with Crippen LogP contribution in [0.5, 0.6) is 0 Å². The lowest BCUT2D eigenvalue weighted by Crippen LogP contribution is -2.33. The molecule has 0 aliphatic rings. The zero-order chi connectivity index (χ0) is 28.7. The fourth-order valence-corrected chi connectivity index (χ4v) is 4.86. The second kappa shape index (κ2) is 10.2. The molecule has 0 aliphatic heterocycles. The van der Waals surface area contributed by atoms with Crippen LogP contribution < -0.4 is 10.9 Å². The van der Waals surface area contributed by atoms with Crippen molar-refractivity contribution in [3.8, 4) is 17.5 Å². The van der Waals surface area contributed by atoms with E-state index in [9.17, 15) is 9.59 Å². The van der Waals surface area contributed by atoms with Gasteiger partial charge in [0.15, 0.2) is 5.65 Å². The van der Waals surface area contributed by atoms with Crippen molar-refractivity contribution in [2.24, 2.45) is 7.05 Å². The van der Waals surface area contributed by atoms with Crippen LogP contribution in [0.25, 0.3) is 22.2 Å². The van der Waals surface area contributed by atoms with Crippen LogP contribution >= 0.6 is 0 Å². The van der Waals surface area contributed by atoms with Crippen LogP contribution in [0, 0.1) is 25.7 Å². The van der Waals surface area contributed by atoms with Gasteiger partial charge in [-0.15, -0.1) is 0 Å². The maximum absolute atomic E-state index is 14.2. The second-order valence-corrected chi connectivity index (χ2v) is 9.78. The molecule has 1 amide bonds. The first-order valence-electron chi connectivity index (χ1n) is 13.1. The molecule has 0 spiro atoms. The van der Waals surface area contributed by atoms with Gasteiger partial charge in [-0.3, -0.25) is 18.8 Å². The fraction of sp³-hybridized carbons (Fsp3) is 0.161. The molecular weight excluding hydrogens is 516 g/mol. The summed E-state index contributed by atoms with van der Waals surface area (Å²) in [6.07, 6.45) is 5.13. The van der Waals surface area contributed by atoms with Crippen molar-refractivity contribution in [2.45, 2.75) is 26.8 Å². The molecule has 10 nitrogen and oxygen atoms in total. The van der Waals surface area contributed by atoms with Crippen LogP contribution in [0.1, 0.15) is 51.7 Å². The molecule has 1 unspecified atom stereocenters. The summed E-state index contributed by atoms with van der Waals surface area (Å²) in [5, 5.41) is 12.1. The fourth-order valence-electron chi connectivity index (χ4n) is 4.86. The van der Waals surface area contributed by atoms with Crippen molar-refractivity contribution < 1.29 is 4.79 Å². The summed E-state index contributed by atoms with van der Waals surface area (Å²) in [6.45, 7) is 5.48. The number of aryl methyl sites for hydroxylation is 3. The Morgan fingerprint density at radius 1 is 1.02 bits per heavy atom. The molecule has 202 valence electrons. The van der Waals surface area contributed by atoms with Crippen LogP contribution in [-0.4, -0.2) is 39.8 Å². The number of hydrogen-bond acceptors (Lipinski definition) is 6. The van der Waals surface area contributed by atoms with Crippen LogP contribution in [0.3, 0.4) is 0 Å². The van der Waals surface area contributed by atoms with Gasteiger partial charge in [0.1, 0.15) is 11.4 Å². The molecule has 6 rings (SSSR count). The molecule has 1 N–H and O–H groups in total. The van der Waals surface area contributed by atoms with Crippen molar-refractivity contribution in [1.82, 2.24) is 39.2 Å². The van der Waals surface area contributed by atoms with Gasteiger partial charge in [0, 0.05) is 30.7 Å². The number of benzene rings is 2. The number of nitrogens with zero attached hydrogens (tertiary/aromatic N) is 7.